The van der Waals surface area contributed by atoms with Gasteiger partial charge >= 0.3 is 0 Å². The van der Waals surface area contributed by atoms with E-state index in [1.54, 1.807) is 11.8 Å². The maximum absolute atomic E-state index is 10.5. The van der Waals surface area contributed by atoms with Crippen molar-refractivity contribution in [2.45, 2.75) is 55.1 Å². The number of hydrogen-bond acceptors (Lipinski definition) is 4. The Hall–Kier alpha value is -1.02. The molecule has 20 heavy (non-hydrogen) atoms. The molecule has 0 heterocycles. The van der Waals surface area contributed by atoms with Gasteiger partial charge in [-0.1, -0.05) is 31.4 Å². The molecule has 1 aliphatic rings. The summed E-state index contributed by atoms with van der Waals surface area (Å²) in [5, 5.41) is 28.9. The fourth-order valence-electron chi connectivity index (χ4n) is 2.59. The molecule has 1 fully saturated rings. The van der Waals surface area contributed by atoms with Crippen LogP contribution in [0.4, 0.5) is 0 Å². The second kappa shape index (κ2) is 7.12. The highest BCUT2D eigenvalue weighted by atomic mass is 32.2. The molecule has 0 bridgehead atoms. The van der Waals surface area contributed by atoms with Crippen molar-refractivity contribution in [3.63, 3.8) is 0 Å². The van der Waals surface area contributed by atoms with E-state index in [1.807, 2.05) is 30.3 Å². The molecule has 1 aromatic rings. The summed E-state index contributed by atoms with van der Waals surface area (Å²) in [7, 11) is 0. The van der Waals surface area contributed by atoms with Crippen molar-refractivity contribution in [3.05, 3.63) is 29.8 Å². The van der Waals surface area contributed by atoms with E-state index in [1.165, 1.54) is 6.42 Å². The lowest BCUT2D eigenvalue weighted by molar-refractivity contribution is 0.0273. The molecule has 0 spiro atoms. The summed E-state index contributed by atoms with van der Waals surface area (Å²) in [6, 6.07) is 9.61. The molecule has 4 heteroatoms. The Balaban J connectivity index is 1.96. The first kappa shape index (κ1) is 15.4. The average Bonchev–Trinajstić information content (AvgIpc) is 2.47. The summed E-state index contributed by atoms with van der Waals surface area (Å²) in [5.74, 6) is 0.699. The number of nitriles is 1. The Kier molecular flexibility index (Phi) is 5.47. The van der Waals surface area contributed by atoms with Crippen LogP contribution < -0.4 is 0 Å². The van der Waals surface area contributed by atoms with Crippen molar-refractivity contribution in [2.24, 2.45) is 0 Å². The Morgan fingerprint density at radius 2 is 2.05 bits per heavy atom. The van der Waals surface area contributed by atoms with Crippen molar-refractivity contribution in [3.8, 4) is 6.07 Å². The van der Waals surface area contributed by atoms with Gasteiger partial charge < -0.3 is 10.2 Å². The number of aliphatic hydroxyl groups is 2. The summed E-state index contributed by atoms with van der Waals surface area (Å²) in [6.45, 7) is 0. The Morgan fingerprint density at radius 3 is 2.75 bits per heavy atom. The van der Waals surface area contributed by atoms with Gasteiger partial charge in [0.1, 0.15) is 0 Å². The van der Waals surface area contributed by atoms with Crippen molar-refractivity contribution in [1.29, 1.82) is 5.26 Å². The molecule has 1 aromatic carbocycles. The average molecular weight is 291 g/mol. The molecular formula is C16H21NO2S. The predicted octanol–water partition coefficient (Wildman–Crippen LogP) is 3.42. The van der Waals surface area contributed by atoms with Gasteiger partial charge in [0.05, 0.1) is 24.2 Å². The Bertz CT molecular complexity index is 478. The van der Waals surface area contributed by atoms with Crippen LogP contribution in [0.15, 0.2) is 29.2 Å². The molecule has 108 valence electrons. The summed E-state index contributed by atoms with van der Waals surface area (Å²) in [6.07, 6.45) is 4.60. The minimum absolute atomic E-state index is 0.109. The molecule has 2 rings (SSSR count). The van der Waals surface area contributed by atoms with Crippen molar-refractivity contribution >= 4 is 11.8 Å². The minimum atomic E-state index is -0.724. The van der Waals surface area contributed by atoms with E-state index in [-0.39, 0.29) is 6.42 Å². The van der Waals surface area contributed by atoms with Crippen LogP contribution in [0, 0.1) is 11.3 Å². The van der Waals surface area contributed by atoms with Gasteiger partial charge in [0.2, 0.25) is 0 Å². The monoisotopic (exact) mass is 291 g/mol. The van der Waals surface area contributed by atoms with Crippen LogP contribution in [-0.4, -0.2) is 21.6 Å². The van der Waals surface area contributed by atoms with Gasteiger partial charge in [-0.05, 0) is 30.5 Å². The molecule has 1 saturated carbocycles. The second-order valence-electron chi connectivity index (χ2n) is 5.52. The number of aliphatic hydroxyl groups excluding tert-OH is 1. The van der Waals surface area contributed by atoms with Gasteiger partial charge in [-0.2, -0.15) is 5.26 Å². The third kappa shape index (κ3) is 4.24. The standard InChI is InChI=1S/C16H21NO2S/c17-10-7-15(18)13-5-4-6-14(11-13)20-12-16(19)8-2-1-3-9-16/h4-6,11,15,18-19H,1-3,7-9,12H2. The lowest BCUT2D eigenvalue weighted by Crippen LogP contribution is -2.33. The van der Waals surface area contributed by atoms with E-state index in [0.717, 1.165) is 36.1 Å². The molecule has 0 aliphatic heterocycles. The second-order valence-corrected chi connectivity index (χ2v) is 6.57. The van der Waals surface area contributed by atoms with Crippen molar-refractivity contribution in [2.75, 3.05) is 5.75 Å². The van der Waals surface area contributed by atoms with Crippen LogP contribution in [0.3, 0.4) is 0 Å². The fraction of sp³-hybridized carbons (Fsp3) is 0.562. The lowest BCUT2D eigenvalue weighted by Gasteiger charge is -2.31. The molecule has 1 atom stereocenters. The zero-order valence-electron chi connectivity index (χ0n) is 11.6. The molecule has 0 saturated heterocycles. The van der Waals surface area contributed by atoms with Crippen LogP contribution in [0.5, 0.6) is 0 Å². The molecule has 3 nitrogen and oxygen atoms in total. The van der Waals surface area contributed by atoms with Crippen LogP contribution in [0.2, 0.25) is 0 Å². The van der Waals surface area contributed by atoms with Crippen molar-refractivity contribution in [1.82, 2.24) is 0 Å². The van der Waals surface area contributed by atoms with E-state index in [4.69, 9.17) is 5.26 Å². The minimum Gasteiger partial charge on any atom is -0.389 e. The van der Waals surface area contributed by atoms with Crippen LogP contribution in [0.1, 0.15) is 50.2 Å². The first-order valence-corrected chi connectivity index (χ1v) is 8.12. The first-order valence-electron chi connectivity index (χ1n) is 7.13. The normalized spacial score (nSPS) is 19.2. The first-order chi connectivity index (χ1) is 9.63. The van der Waals surface area contributed by atoms with E-state index in [2.05, 4.69) is 0 Å². The van der Waals surface area contributed by atoms with E-state index < -0.39 is 11.7 Å². The molecular weight excluding hydrogens is 270 g/mol. The molecule has 0 aromatic heterocycles. The highest BCUT2D eigenvalue weighted by Crippen LogP contribution is 2.34. The van der Waals surface area contributed by atoms with Crippen LogP contribution in [-0.2, 0) is 0 Å². The quantitative estimate of drug-likeness (QED) is 0.816. The maximum atomic E-state index is 10.5. The maximum Gasteiger partial charge on any atom is 0.0920 e. The lowest BCUT2D eigenvalue weighted by atomic mass is 9.86. The fourth-order valence-corrected chi connectivity index (χ4v) is 3.71. The third-order valence-corrected chi connectivity index (χ3v) is 5.09. The van der Waals surface area contributed by atoms with Gasteiger partial charge in [0, 0.05) is 10.6 Å². The largest absolute Gasteiger partial charge is 0.389 e. The predicted molar refractivity (Wildman–Crippen MR) is 80.4 cm³/mol. The van der Waals surface area contributed by atoms with Gasteiger partial charge in [-0.15, -0.1) is 11.8 Å². The summed E-state index contributed by atoms with van der Waals surface area (Å²) >= 11 is 1.63. The van der Waals surface area contributed by atoms with Crippen LogP contribution in [0.25, 0.3) is 0 Å². The van der Waals surface area contributed by atoms with Gasteiger partial charge in [-0.25, -0.2) is 0 Å². The number of benzene rings is 1. The Morgan fingerprint density at radius 1 is 1.30 bits per heavy atom. The third-order valence-electron chi connectivity index (χ3n) is 3.82. The van der Waals surface area contributed by atoms with Crippen LogP contribution >= 0.6 is 11.8 Å². The van der Waals surface area contributed by atoms with Crippen molar-refractivity contribution < 1.29 is 10.2 Å². The number of hydrogen-bond donors (Lipinski definition) is 2. The smallest absolute Gasteiger partial charge is 0.0920 e. The zero-order valence-corrected chi connectivity index (χ0v) is 12.4. The number of nitrogens with zero attached hydrogens (tertiary/aromatic N) is 1. The zero-order chi connectivity index (χ0) is 14.4. The molecule has 1 unspecified atom stereocenters. The summed E-state index contributed by atoms with van der Waals surface area (Å²) < 4.78 is 0. The van der Waals surface area contributed by atoms with Gasteiger partial charge in [0.15, 0.2) is 0 Å². The summed E-state index contributed by atoms with van der Waals surface area (Å²) in [5.41, 5.74) is 0.233. The topological polar surface area (TPSA) is 64.2 Å². The highest BCUT2D eigenvalue weighted by molar-refractivity contribution is 7.99. The summed E-state index contributed by atoms with van der Waals surface area (Å²) in [4.78, 5) is 1.04. The van der Waals surface area contributed by atoms with E-state index in [9.17, 15) is 10.2 Å². The number of rotatable bonds is 5. The SMILES string of the molecule is N#CCC(O)c1cccc(SCC2(O)CCCCC2)c1. The van der Waals surface area contributed by atoms with E-state index in [0.29, 0.717) is 5.75 Å². The van der Waals surface area contributed by atoms with Gasteiger partial charge in [-0.3, -0.25) is 0 Å². The number of thioether (sulfide) groups is 1. The molecule has 2 N–H and O–H groups in total. The Labute approximate surface area is 124 Å². The van der Waals surface area contributed by atoms with Gasteiger partial charge in [0.25, 0.3) is 0 Å². The molecule has 0 amide bonds. The van der Waals surface area contributed by atoms with E-state index >= 15 is 0 Å². The highest BCUT2D eigenvalue weighted by Gasteiger charge is 2.29. The molecule has 1 aliphatic carbocycles. The molecule has 0 radical (unpaired) electrons.